The Hall–Kier alpha value is -4.22. The van der Waals surface area contributed by atoms with Crippen molar-refractivity contribution in [2.45, 2.75) is 93.9 Å². The first kappa shape index (κ1) is 32.0. The van der Waals surface area contributed by atoms with Gasteiger partial charge in [0.05, 0.1) is 22.8 Å². The van der Waals surface area contributed by atoms with E-state index in [9.17, 15) is 9.59 Å². The van der Waals surface area contributed by atoms with Gasteiger partial charge in [-0.3, -0.25) is 30.0 Å². The molecule has 12 heteroatoms. The van der Waals surface area contributed by atoms with Crippen LogP contribution in [0.15, 0.2) is 0 Å². The van der Waals surface area contributed by atoms with Crippen molar-refractivity contribution in [3.63, 3.8) is 0 Å². The molecule has 218 valence electrons. The molecule has 0 amide bonds. The zero-order valence-electron chi connectivity index (χ0n) is 24.7. The number of unbranched alkanes of at least 4 members (excludes halogenated alkanes) is 3. The van der Waals surface area contributed by atoms with Gasteiger partial charge in [0.15, 0.2) is 0 Å². The molecule has 4 rings (SSSR count). The van der Waals surface area contributed by atoms with Gasteiger partial charge < -0.3 is 10.2 Å². The van der Waals surface area contributed by atoms with Gasteiger partial charge in [-0.15, -0.1) is 0 Å². The number of hydrogen-bond donors (Lipinski definition) is 6. The van der Waals surface area contributed by atoms with Crippen molar-refractivity contribution in [3.05, 3.63) is 45.6 Å². The highest BCUT2D eigenvalue weighted by Gasteiger charge is 2.16. The first-order valence-corrected chi connectivity index (χ1v) is 13.4. The average Bonchev–Trinajstić information content (AvgIpc) is 3.60. The van der Waals surface area contributed by atoms with Gasteiger partial charge in [0.2, 0.25) is 0 Å². The molecule has 40 heavy (non-hydrogen) atoms. The number of nitrogens with one attached hydrogen (secondary N) is 4. The number of aromatic nitrogens is 8. The Morgan fingerprint density at radius 2 is 0.700 bits per heavy atom. The lowest BCUT2D eigenvalue weighted by Gasteiger charge is -2.00. The van der Waals surface area contributed by atoms with E-state index in [0.717, 1.165) is 58.4 Å². The second kappa shape index (κ2) is 14.8. The number of hydrogen-bond acceptors (Lipinski definition) is 6. The normalized spacial score (nSPS) is 10.5. The monoisotopic (exact) mass is 554 g/mol. The van der Waals surface area contributed by atoms with Crippen LogP contribution in [0.25, 0.3) is 22.3 Å². The van der Waals surface area contributed by atoms with Crippen LogP contribution in [0.3, 0.4) is 0 Å². The number of aromatic amines is 4. The summed E-state index contributed by atoms with van der Waals surface area (Å²) in [4.78, 5) is 20.1. The average molecular weight is 555 g/mol. The molecule has 0 saturated carbocycles. The largest absolute Gasteiger partial charge is 0.481 e. The molecule has 0 saturated heterocycles. The van der Waals surface area contributed by atoms with Crippen molar-refractivity contribution in [2.75, 3.05) is 0 Å². The van der Waals surface area contributed by atoms with Crippen LogP contribution in [0.4, 0.5) is 0 Å². The van der Waals surface area contributed by atoms with Crippen molar-refractivity contribution >= 4 is 11.9 Å². The van der Waals surface area contributed by atoms with E-state index in [1.807, 2.05) is 55.4 Å². The maximum absolute atomic E-state index is 10.0. The topological polar surface area (TPSA) is 189 Å². The van der Waals surface area contributed by atoms with Crippen LogP contribution in [-0.4, -0.2) is 62.9 Å². The van der Waals surface area contributed by atoms with Crippen LogP contribution in [0, 0.1) is 55.4 Å². The molecule has 6 N–H and O–H groups in total. The van der Waals surface area contributed by atoms with Gasteiger partial charge in [-0.2, -0.15) is 20.4 Å². The molecule has 0 fully saturated rings. The predicted octanol–water partition coefficient (Wildman–Crippen LogP) is 5.56. The van der Waals surface area contributed by atoms with Crippen LogP contribution < -0.4 is 0 Å². The van der Waals surface area contributed by atoms with Gasteiger partial charge in [0.1, 0.15) is 0 Å². The van der Waals surface area contributed by atoms with Crippen molar-refractivity contribution < 1.29 is 19.8 Å². The smallest absolute Gasteiger partial charge is 0.303 e. The number of nitrogens with zero attached hydrogens (tertiary/aromatic N) is 4. The van der Waals surface area contributed by atoms with Crippen molar-refractivity contribution in [2.24, 2.45) is 0 Å². The third-order valence-electron chi connectivity index (χ3n) is 6.54. The summed E-state index contributed by atoms with van der Waals surface area (Å²) in [5.74, 6) is -1.57. The Labute approximate surface area is 234 Å². The molecule has 4 aromatic heterocycles. The number of carboxylic acids is 2. The van der Waals surface area contributed by atoms with Crippen LogP contribution in [0.1, 0.15) is 84.1 Å². The molecule has 0 spiro atoms. The van der Waals surface area contributed by atoms with Gasteiger partial charge in [0, 0.05) is 57.9 Å². The molecule has 0 aromatic carbocycles. The maximum atomic E-state index is 10.0. The van der Waals surface area contributed by atoms with Crippen molar-refractivity contribution in [3.8, 4) is 22.3 Å². The standard InChI is InChI=1S/2C10H14N4.C8H14O4/c2*1-5-9(6(2)12-11-5)10-7(3)13-14-8(10)4;9-7(10)5-3-1-2-4-6-8(11)12/h2*1-4H3,(H,11,12)(H,13,14);1-6H2,(H,9,10)(H,11,12). The summed E-state index contributed by atoms with van der Waals surface area (Å²) in [7, 11) is 0. The molecule has 4 heterocycles. The van der Waals surface area contributed by atoms with E-state index in [1.54, 1.807) is 0 Å². The van der Waals surface area contributed by atoms with Gasteiger partial charge in [-0.1, -0.05) is 12.8 Å². The van der Waals surface area contributed by atoms with E-state index in [0.29, 0.717) is 12.8 Å². The van der Waals surface area contributed by atoms with Gasteiger partial charge in [0.25, 0.3) is 0 Å². The minimum atomic E-state index is -0.784. The molecular weight excluding hydrogens is 512 g/mol. The van der Waals surface area contributed by atoms with E-state index in [4.69, 9.17) is 10.2 Å². The van der Waals surface area contributed by atoms with Gasteiger partial charge in [-0.05, 0) is 68.2 Å². The number of rotatable bonds is 9. The highest BCUT2D eigenvalue weighted by atomic mass is 16.4. The Morgan fingerprint density at radius 1 is 0.475 bits per heavy atom. The molecule has 0 atom stereocenters. The van der Waals surface area contributed by atoms with E-state index >= 15 is 0 Å². The minimum Gasteiger partial charge on any atom is -0.481 e. The van der Waals surface area contributed by atoms with E-state index in [1.165, 1.54) is 22.3 Å². The fraction of sp³-hybridized carbons (Fsp3) is 0.500. The Morgan fingerprint density at radius 3 is 0.850 bits per heavy atom. The summed E-state index contributed by atoms with van der Waals surface area (Å²) < 4.78 is 0. The Bertz CT molecular complexity index is 1140. The van der Waals surface area contributed by atoms with E-state index in [-0.39, 0.29) is 12.8 Å². The van der Waals surface area contributed by atoms with Crippen LogP contribution in [-0.2, 0) is 9.59 Å². The number of aryl methyl sites for hydroxylation is 8. The summed E-state index contributed by atoms with van der Waals surface area (Å²) in [6.07, 6.45) is 3.28. The molecule has 12 nitrogen and oxygen atoms in total. The summed E-state index contributed by atoms with van der Waals surface area (Å²) in [5.41, 5.74) is 13.2. The molecule has 0 aliphatic carbocycles. The number of carbonyl (C=O) groups is 2. The molecule has 0 bridgehead atoms. The summed E-state index contributed by atoms with van der Waals surface area (Å²) in [6, 6.07) is 0. The zero-order chi connectivity index (χ0) is 30.0. The van der Waals surface area contributed by atoms with Gasteiger partial charge in [-0.25, -0.2) is 0 Å². The van der Waals surface area contributed by atoms with Crippen molar-refractivity contribution in [1.29, 1.82) is 0 Å². The second-order valence-corrected chi connectivity index (χ2v) is 9.94. The highest BCUT2D eigenvalue weighted by molar-refractivity contribution is 5.73. The Kier molecular flexibility index (Phi) is 11.8. The lowest BCUT2D eigenvalue weighted by molar-refractivity contribution is -0.138. The lowest BCUT2D eigenvalue weighted by atomic mass is 10.0. The SMILES string of the molecule is Cc1n[nH]c(C)c1-c1c(C)n[nH]c1C.Cc1n[nH]c(C)c1-c1c(C)n[nH]c1C.O=C(O)CCCCCCC(=O)O. The maximum Gasteiger partial charge on any atom is 0.303 e. The lowest BCUT2D eigenvalue weighted by Crippen LogP contribution is -1.95. The van der Waals surface area contributed by atoms with Gasteiger partial charge >= 0.3 is 11.9 Å². The predicted molar refractivity (Wildman–Crippen MR) is 153 cm³/mol. The number of aliphatic carboxylic acids is 2. The fourth-order valence-electron chi connectivity index (χ4n) is 4.58. The first-order chi connectivity index (χ1) is 18.8. The van der Waals surface area contributed by atoms with Crippen LogP contribution in [0.5, 0.6) is 0 Å². The second-order valence-electron chi connectivity index (χ2n) is 9.94. The fourth-order valence-corrected chi connectivity index (χ4v) is 4.58. The number of carboxylic acid groups (broad SMARTS) is 2. The van der Waals surface area contributed by atoms with Crippen molar-refractivity contribution in [1.82, 2.24) is 40.8 Å². The first-order valence-electron chi connectivity index (χ1n) is 13.4. The molecule has 4 aromatic rings. The van der Waals surface area contributed by atoms with E-state index < -0.39 is 11.9 Å². The van der Waals surface area contributed by atoms with Crippen LogP contribution in [0.2, 0.25) is 0 Å². The molecular formula is C28H42N8O4. The van der Waals surface area contributed by atoms with Crippen LogP contribution >= 0.6 is 0 Å². The zero-order valence-corrected chi connectivity index (χ0v) is 24.7. The summed E-state index contributed by atoms with van der Waals surface area (Å²) >= 11 is 0. The highest BCUT2D eigenvalue weighted by Crippen LogP contribution is 2.30. The quantitative estimate of drug-likeness (QED) is 0.145. The Balaban J connectivity index is 0.000000211. The minimum absolute atomic E-state index is 0.188. The third-order valence-corrected chi connectivity index (χ3v) is 6.54. The summed E-state index contributed by atoms with van der Waals surface area (Å²) in [5, 5.41) is 45.2. The molecule has 0 aliphatic heterocycles. The molecule has 0 aliphatic rings. The molecule has 0 radical (unpaired) electrons. The molecule has 0 unspecified atom stereocenters. The third kappa shape index (κ3) is 8.65. The van der Waals surface area contributed by atoms with E-state index in [2.05, 4.69) is 40.8 Å². The summed E-state index contributed by atoms with van der Waals surface area (Å²) in [6.45, 7) is 16.1. The number of H-pyrrole nitrogens is 4.